The van der Waals surface area contributed by atoms with Crippen LogP contribution in [0.25, 0.3) is 0 Å². The van der Waals surface area contributed by atoms with E-state index in [1.165, 1.54) is 0 Å². The fraction of sp³-hybridized carbons (Fsp3) is 0.833. The largest absolute Gasteiger partial charge is 0.407 e. The van der Waals surface area contributed by atoms with Gasteiger partial charge in [-0.2, -0.15) is 0 Å². The van der Waals surface area contributed by atoms with Crippen molar-refractivity contribution in [3.63, 3.8) is 0 Å². The van der Waals surface area contributed by atoms with Gasteiger partial charge in [0.25, 0.3) is 0 Å². The van der Waals surface area contributed by atoms with Crippen LogP contribution < -0.4 is 10.2 Å². The monoisotopic (exact) mass is 272 g/mol. The SMILES string of the molecule is CCNCc1nnc(N(CCOC)C(C)COC)o1. The van der Waals surface area contributed by atoms with E-state index in [-0.39, 0.29) is 6.04 Å². The van der Waals surface area contributed by atoms with Crippen molar-refractivity contribution < 1.29 is 13.9 Å². The summed E-state index contributed by atoms with van der Waals surface area (Å²) in [5.74, 6) is 0.587. The quantitative estimate of drug-likeness (QED) is 0.671. The van der Waals surface area contributed by atoms with Gasteiger partial charge in [0.05, 0.1) is 25.8 Å². The molecule has 0 saturated carbocycles. The van der Waals surface area contributed by atoms with Crippen molar-refractivity contribution in [3.05, 3.63) is 5.89 Å². The average Bonchev–Trinajstić information content (AvgIpc) is 2.86. The minimum absolute atomic E-state index is 0.146. The number of nitrogens with zero attached hydrogens (tertiary/aromatic N) is 3. The zero-order valence-corrected chi connectivity index (χ0v) is 12.2. The summed E-state index contributed by atoms with van der Waals surface area (Å²) in [6.07, 6.45) is 0. The Morgan fingerprint density at radius 1 is 1.32 bits per heavy atom. The second-order valence-corrected chi connectivity index (χ2v) is 4.25. The van der Waals surface area contributed by atoms with E-state index in [1.807, 2.05) is 18.7 Å². The first-order chi connectivity index (χ1) is 9.22. The average molecular weight is 272 g/mol. The van der Waals surface area contributed by atoms with Crippen LogP contribution in [-0.4, -0.2) is 56.8 Å². The van der Waals surface area contributed by atoms with Crippen LogP contribution in [0.15, 0.2) is 4.42 Å². The molecular formula is C12H24N4O3. The molecule has 0 aliphatic heterocycles. The molecule has 1 N–H and O–H groups in total. The lowest BCUT2D eigenvalue weighted by Crippen LogP contribution is -2.38. The molecule has 7 nitrogen and oxygen atoms in total. The van der Waals surface area contributed by atoms with Gasteiger partial charge in [-0.3, -0.25) is 0 Å². The summed E-state index contributed by atoms with van der Waals surface area (Å²) in [6, 6.07) is 0.655. The summed E-state index contributed by atoms with van der Waals surface area (Å²) in [5, 5.41) is 11.3. The summed E-state index contributed by atoms with van der Waals surface area (Å²) in [6.45, 7) is 7.40. The van der Waals surface area contributed by atoms with Crippen molar-refractivity contribution in [1.29, 1.82) is 0 Å². The lowest BCUT2D eigenvalue weighted by molar-refractivity contribution is 0.168. The normalized spacial score (nSPS) is 12.6. The van der Waals surface area contributed by atoms with Gasteiger partial charge < -0.3 is 24.1 Å². The molecule has 0 fully saturated rings. The third kappa shape index (κ3) is 5.14. The van der Waals surface area contributed by atoms with Crippen LogP contribution in [0.3, 0.4) is 0 Å². The van der Waals surface area contributed by atoms with Gasteiger partial charge in [-0.15, -0.1) is 5.10 Å². The van der Waals surface area contributed by atoms with E-state index < -0.39 is 0 Å². The topological polar surface area (TPSA) is 72.7 Å². The van der Waals surface area contributed by atoms with Gasteiger partial charge >= 0.3 is 6.01 Å². The number of hydrogen-bond acceptors (Lipinski definition) is 7. The van der Waals surface area contributed by atoms with Gasteiger partial charge in [-0.05, 0) is 13.5 Å². The van der Waals surface area contributed by atoms with Crippen molar-refractivity contribution in [2.24, 2.45) is 0 Å². The fourth-order valence-electron chi connectivity index (χ4n) is 1.69. The van der Waals surface area contributed by atoms with E-state index in [0.29, 0.717) is 38.2 Å². The molecule has 0 bridgehead atoms. The summed E-state index contributed by atoms with van der Waals surface area (Å²) in [5.41, 5.74) is 0. The van der Waals surface area contributed by atoms with E-state index in [2.05, 4.69) is 15.5 Å². The molecule has 19 heavy (non-hydrogen) atoms. The lowest BCUT2D eigenvalue weighted by atomic mass is 10.3. The Labute approximate surface area is 114 Å². The molecule has 0 spiro atoms. The Morgan fingerprint density at radius 3 is 2.74 bits per heavy atom. The first-order valence-corrected chi connectivity index (χ1v) is 6.50. The van der Waals surface area contributed by atoms with Crippen LogP contribution >= 0.6 is 0 Å². The Bertz CT molecular complexity index is 345. The Kier molecular flexibility index (Phi) is 7.39. The maximum absolute atomic E-state index is 5.64. The molecule has 0 radical (unpaired) electrons. The maximum atomic E-state index is 5.64. The van der Waals surface area contributed by atoms with Gasteiger partial charge in [0, 0.05) is 20.8 Å². The standard InChI is InChI=1S/C12H24N4O3/c1-5-13-8-11-14-15-12(19-11)16(6-7-17-3)10(2)9-18-4/h10,13H,5-9H2,1-4H3. The number of nitrogens with one attached hydrogen (secondary N) is 1. The van der Waals surface area contributed by atoms with E-state index in [4.69, 9.17) is 13.9 Å². The smallest absolute Gasteiger partial charge is 0.318 e. The number of anilines is 1. The zero-order chi connectivity index (χ0) is 14.1. The van der Waals surface area contributed by atoms with Gasteiger partial charge in [0.2, 0.25) is 5.89 Å². The second-order valence-electron chi connectivity index (χ2n) is 4.25. The number of aromatic nitrogens is 2. The molecule has 1 rings (SSSR count). The van der Waals surface area contributed by atoms with Crippen LogP contribution in [0, 0.1) is 0 Å². The van der Waals surface area contributed by atoms with Crippen molar-refractivity contribution in [3.8, 4) is 0 Å². The molecule has 0 aliphatic carbocycles. The van der Waals surface area contributed by atoms with Gasteiger partial charge in [-0.1, -0.05) is 12.0 Å². The van der Waals surface area contributed by atoms with Crippen molar-refractivity contribution in [2.75, 3.05) is 45.4 Å². The predicted molar refractivity (Wildman–Crippen MR) is 72.2 cm³/mol. The van der Waals surface area contributed by atoms with Crippen LogP contribution in [-0.2, 0) is 16.0 Å². The molecule has 1 atom stereocenters. The Balaban J connectivity index is 2.69. The molecule has 7 heteroatoms. The number of ether oxygens (including phenoxy) is 2. The Hall–Kier alpha value is -1.18. The first kappa shape index (κ1) is 15.9. The summed E-state index contributed by atoms with van der Waals surface area (Å²) in [7, 11) is 3.35. The van der Waals surface area contributed by atoms with Crippen LogP contribution in [0.1, 0.15) is 19.7 Å². The van der Waals surface area contributed by atoms with Crippen molar-refractivity contribution in [1.82, 2.24) is 15.5 Å². The van der Waals surface area contributed by atoms with E-state index in [0.717, 1.165) is 6.54 Å². The Morgan fingerprint density at radius 2 is 2.11 bits per heavy atom. The summed E-state index contributed by atoms with van der Waals surface area (Å²) >= 11 is 0. The highest BCUT2D eigenvalue weighted by atomic mass is 16.5. The van der Waals surface area contributed by atoms with Crippen LogP contribution in [0.2, 0.25) is 0 Å². The van der Waals surface area contributed by atoms with Crippen molar-refractivity contribution >= 4 is 6.01 Å². The second kappa shape index (κ2) is 8.84. The molecular weight excluding hydrogens is 248 g/mol. The van der Waals surface area contributed by atoms with Gasteiger partial charge in [0.1, 0.15) is 0 Å². The first-order valence-electron chi connectivity index (χ1n) is 6.50. The fourth-order valence-corrected chi connectivity index (χ4v) is 1.69. The minimum atomic E-state index is 0.146. The molecule has 0 aromatic carbocycles. The third-order valence-corrected chi connectivity index (χ3v) is 2.70. The van der Waals surface area contributed by atoms with Crippen LogP contribution in [0.5, 0.6) is 0 Å². The number of hydrogen-bond donors (Lipinski definition) is 1. The highest BCUT2D eigenvalue weighted by Crippen LogP contribution is 2.15. The van der Waals surface area contributed by atoms with Gasteiger partial charge in [-0.25, -0.2) is 0 Å². The lowest BCUT2D eigenvalue weighted by Gasteiger charge is -2.26. The van der Waals surface area contributed by atoms with E-state index in [1.54, 1.807) is 14.2 Å². The molecule has 0 saturated heterocycles. The molecule has 1 aromatic heterocycles. The molecule has 110 valence electrons. The third-order valence-electron chi connectivity index (χ3n) is 2.70. The summed E-state index contributed by atoms with van der Waals surface area (Å²) < 4.78 is 15.9. The molecule has 1 unspecified atom stereocenters. The predicted octanol–water partition coefficient (Wildman–Crippen LogP) is 0.667. The molecule has 0 amide bonds. The maximum Gasteiger partial charge on any atom is 0.318 e. The van der Waals surface area contributed by atoms with E-state index in [9.17, 15) is 0 Å². The zero-order valence-electron chi connectivity index (χ0n) is 12.2. The minimum Gasteiger partial charge on any atom is -0.407 e. The molecule has 1 aromatic rings. The number of rotatable bonds is 10. The number of methoxy groups -OCH3 is 2. The highest BCUT2D eigenvalue weighted by molar-refractivity contribution is 5.26. The molecule has 0 aliphatic rings. The summed E-state index contributed by atoms with van der Waals surface area (Å²) in [4.78, 5) is 2.00. The highest BCUT2D eigenvalue weighted by Gasteiger charge is 2.20. The van der Waals surface area contributed by atoms with E-state index >= 15 is 0 Å². The van der Waals surface area contributed by atoms with Gasteiger partial charge in [0.15, 0.2) is 0 Å². The molecule has 1 heterocycles. The van der Waals surface area contributed by atoms with Crippen molar-refractivity contribution in [2.45, 2.75) is 26.4 Å². The van der Waals surface area contributed by atoms with Crippen LogP contribution in [0.4, 0.5) is 6.01 Å².